The van der Waals surface area contributed by atoms with Crippen LogP contribution in [0.3, 0.4) is 0 Å². The van der Waals surface area contributed by atoms with E-state index >= 15 is 0 Å². The van der Waals surface area contributed by atoms with Crippen LogP contribution in [0.1, 0.15) is 26.2 Å². The van der Waals surface area contributed by atoms with Gasteiger partial charge in [0, 0.05) is 52.8 Å². The number of amides is 1. The molecule has 1 N–H and O–H groups in total. The molecule has 0 aliphatic carbocycles. The molecule has 2 aliphatic heterocycles. The zero-order valence-electron chi connectivity index (χ0n) is 16.7. The predicted octanol–water partition coefficient (Wildman–Crippen LogP) is 1.09. The van der Waals surface area contributed by atoms with Crippen molar-refractivity contribution in [3.63, 3.8) is 0 Å². The third-order valence-corrected chi connectivity index (χ3v) is 5.19. The average molecular weight is 481 g/mol. The summed E-state index contributed by atoms with van der Waals surface area (Å²) in [5, 5.41) is 3.47. The van der Waals surface area contributed by atoms with Crippen molar-refractivity contribution < 1.29 is 9.53 Å². The number of ether oxygens (including phenoxy) is 1. The number of carbonyl (C=O) groups is 1. The molecule has 2 saturated heterocycles. The molecule has 0 aromatic rings. The second-order valence-electron chi connectivity index (χ2n) is 7.34. The van der Waals surface area contributed by atoms with Gasteiger partial charge in [0.15, 0.2) is 5.96 Å². The number of guanidine groups is 1. The minimum atomic E-state index is 0. The molecule has 0 aromatic heterocycles. The van der Waals surface area contributed by atoms with E-state index in [2.05, 4.69) is 34.1 Å². The third kappa shape index (κ3) is 7.19. The van der Waals surface area contributed by atoms with Crippen LogP contribution in [0, 0.1) is 5.92 Å². The molecular weight excluding hydrogens is 445 g/mol. The molecule has 0 spiro atoms. The van der Waals surface area contributed by atoms with Gasteiger partial charge in [0.25, 0.3) is 0 Å². The molecule has 2 fully saturated rings. The number of rotatable bonds is 7. The molecule has 1 amide bonds. The molecule has 152 valence electrons. The molecule has 0 saturated carbocycles. The highest BCUT2D eigenvalue weighted by molar-refractivity contribution is 14.0. The van der Waals surface area contributed by atoms with Crippen molar-refractivity contribution in [2.45, 2.75) is 32.2 Å². The van der Waals surface area contributed by atoms with Crippen LogP contribution in [0.15, 0.2) is 4.99 Å². The van der Waals surface area contributed by atoms with E-state index in [1.54, 1.807) is 19.0 Å². The number of halogens is 1. The highest BCUT2D eigenvalue weighted by atomic mass is 127. The number of hydrogen-bond donors (Lipinski definition) is 1. The number of likely N-dealkylation sites (tertiary alicyclic amines) is 1. The highest BCUT2D eigenvalue weighted by Crippen LogP contribution is 2.17. The molecule has 7 nitrogen and oxygen atoms in total. The first-order chi connectivity index (χ1) is 12.0. The minimum absolute atomic E-state index is 0. The van der Waals surface area contributed by atoms with Gasteiger partial charge in [-0.2, -0.15) is 0 Å². The summed E-state index contributed by atoms with van der Waals surface area (Å²) in [4.78, 5) is 22.8. The van der Waals surface area contributed by atoms with Gasteiger partial charge in [0.1, 0.15) is 6.54 Å². The normalized spacial score (nSPS) is 23.6. The molecule has 2 unspecified atom stereocenters. The lowest BCUT2D eigenvalue weighted by Gasteiger charge is -2.30. The SMILES string of the molecule is CCN1CCCC1CN(C)C(=NCC(=O)N(C)C)NCC1CCOC1.I. The fourth-order valence-corrected chi connectivity index (χ4v) is 3.50. The summed E-state index contributed by atoms with van der Waals surface area (Å²) in [7, 11) is 5.60. The van der Waals surface area contributed by atoms with Crippen LogP contribution in [-0.4, -0.2) is 99.7 Å². The molecule has 2 atom stereocenters. The first kappa shape index (κ1) is 23.4. The monoisotopic (exact) mass is 481 g/mol. The van der Waals surface area contributed by atoms with Gasteiger partial charge < -0.3 is 19.9 Å². The second-order valence-corrected chi connectivity index (χ2v) is 7.34. The van der Waals surface area contributed by atoms with Gasteiger partial charge in [-0.05, 0) is 32.4 Å². The number of nitrogens with zero attached hydrogens (tertiary/aromatic N) is 4. The molecule has 8 heteroatoms. The number of aliphatic imine (C=N–C) groups is 1. The first-order valence-corrected chi connectivity index (χ1v) is 9.52. The van der Waals surface area contributed by atoms with Crippen LogP contribution >= 0.6 is 24.0 Å². The largest absolute Gasteiger partial charge is 0.381 e. The molecule has 0 radical (unpaired) electrons. The Bertz CT molecular complexity index is 455. The Morgan fingerprint density at radius 1 is 1.31 bits per heavy atom. The Kier molecular flexibility index (Phi) is 10.8. The fraction of sp³-hybridized carbons (Fsp3) is 0.889. The lowest BCUT2D eigenvalue weighted by molar-refractivity contribution is -0.127. The van der Waals surface area contributed by atoms with E-state index in [4.69, 9.17) is 4.74 Å². The van der Waals surface area contributed by atoms with E-state index < -0.39 is 0 Å². The smallest absolute Gasteiger partial charge is 0.243 e. The van der Waals surface area contributed by atoms with Crippen LogP contribution in [0.2, 0.25) is 0 Å². The zero-order chi connectivity index (χ0) is 18.2. The maximum Gasteiger partial charge on any atom is 0.243 e. The average Bonchev–Trinajstić information content (AvgIpc) is 3.25. The van der Waals surface area contributed by atoms with E-state index in [0.29, 0.717) is 12.0 Å². The summed E-state index contributed by atoms with van der Waals surface area (Å²) in [6, 6.07) is 0.571. The van der Waals surface area contributed by atoms with Crippen LogP contribution in [0.25, 0.3) is 0 Å². The number of hydrogen-bond acceptors (Lipinski definition) is 4. The Morgan fingerprint density at radius 2 is 2.08 bits per heavy atom. The van der Waals surface area contributed by atoms with Crippen molar-refractivity contribution in [2.75, 3.05) is 67.1 Å². The van der Waals surface area contributed by atoms with Gasteiger partial charge in [-0.25, -0.2) is 4.99 Å². The lowest BCUT2D eigenvalue weighted by atomic mass is 10.1. The summed E-state index contributed by atoms with van der Waals surface area (Å²) in [5.41, 5.74) is 0. The molecule has 0 aromatic carbocycles. The highest BCUT2D eigenvalue weighted by Gasteiger charge is 2.25. The van der Waals surface area contributed by atoms with Gasteiger partial charge in [-0.1, -0.05) is 6.92 Å². The molecule has 2 aliphatic rings. The van der Waals surface area contributed by atoms with Crippen molar-refractivity contribution in [1.82, 2.24) is 20.0 Å². The van der Waals surface area contributed by atoms with Gasteiger partial charge >= 0.3 is 0 Å². The van der Waals surface area contributed by atoms with Crippen molar-refractivity contribution in [1.29, 1.82) is 0 Å². The summed E-state index contributed by atoms with van der Waals surface area (Å²) in [6.07, 6.45) is 3.59. The summed E-state index contributed by atoms with van der Waals surface area (Å²) in [6.45, 7) is 8.14. The molecule has 2 heterocycles. The molecule has 0 bridgehead atoms. The van der Waals surface area contributed by atoms with Crippen molar-refractivity contribution in [3.05, 3.63) is 0 Å². The Balaban J connectivity index is 0.00000338. The van der Waals surface area contributed by atoms with Crippen molar-refractivity contribution >= 4 is 35.8 Å². The maximum absolute atomic E-state index is 11.9. The molecule has 2 rings (SSSR count). The Hall–Kier alpha value is -0.610. The van der Waals surface area contributed by atoms with Gasteiger partial charge in [0.05, 0.1) is 6.61 Å². The van der Waals surface area contributed by atoms with Crippen LogP contribution < -0.4 is 5.32 Å². The number of nitrogens with one attached hydrogen (secondary N) is 1. The summed E-state index contributed by atoms with van der Waals surface area (Å²) >= 11 is 0. The van der Waals surface area contributed by atoms with Crippen molar-refractivity contribution in [3.8, 4) is 0 Å². The van der Waals surface area contributed by atoms with Gasteiger partial charge in [-0.15, -0.1) is 24.0 Å². The van der Waals surface area contributed by atoms with Crippen LogP contribution in [-0.2, 0) is 9.53 Å². The van der Waals surface area contributed by atoms with E-state index in [1.165, 1.54) is 19.4 Å². The minimum Gasteiger partial charge on any atom is -0.381 e. The van der Waals surface area contributed by atoms with E-state index in [9.17, 15) is 4.79 Å². The number of likely N-dealkylation sites (N-methyl/N-ethyl adjacent to an activating group) is 3. The first-order valence-electron chi connectivity index (χ1n) is 9.52. The Morgan fingerprint density at radius 3 is 2.69 bits per heavy atom. The zero-order valence-corrected chi connectivity index (χ0v) is 19.1. The van der Waals surface area contributed by atoms with Crippen molar-refractivity contribution in [2.24, 2.45) is 10.9 Å². The number of carbonyl (C=O) groups excluding carboxylic acids is 1. The molecule has 26 heavy (non-hydrogen) atoms. The van der Waals surface area contributed by atoms with Gasteiger partial charge in [0.2, 0.25) is 5.91 Å². The van der Waals surface area contributed by atoms with Gasteiger partial charge in [-0.3, -0.25) is 9.69 Å². The van der Waals surface area contributed by atoms with E-state index in [-0.39, 0.29) is 36.4 Å². The standard InChI is InChI=1S/C18H35N5O2.HI/c1-5-23-9-6-7-16(23)13-22(4)18(20-12-17(24)21(2)3)19-11-15-8-10-25-14-15;/h15-16H,5-14H2,1-4H3,(H,19,20);1H. The molecular formula is C18H36IN5O2. The quantitative estimate of drug-likeness (QED) is 0.335. The van der Waals surface area contributed by atoms with Crippen LogP contribution in [0.4, 0.5) is 0 Å². The Labute approximate surface area is 175 Å². The fourth-order valence-electron chi connectivity index (χ4n) is 3.50. The topological polar surface area (TPSA) is 60.4 Å². The second kappa shape index (κ2) is 12.0. The van der Waals surface area contributed by atoms with E-state index in [1.807, 2.05) is 0 Å². The van der Waals surface area contributed by atoms with Crippen LogP contribution in [0.5, 0.6) is 0 Å². The van der Waals surface area contributed by atoms with E-state index in [0.717, 1.165) is 45.2 Å². The third-order valence-electron chi connectivity index (χ3n) is 5.19. The summed E-state index contributed by atoms with van der Waals surface area (Å²) in [5.74, 6) is 1.37. The summed E-state index contributed by atoms with van der Waals surface area (Å²) < 4.78 is 5.45. The predicted molar refractivity (Wildman–Crippen MR) is 116 cm³/mol. The maximum atomic E-state index is 11.9. The lowest BCUT2D eigenvalue weighted by Crippen LogP contribution is -2.47.